The van der Waals surface area contributed by atoms with Crippen molar-refractivity contribution in [3.8, 4) is 5.75 Å². The van der Waals surface area contributed by atoms with E-state index in [0.717, 1.165) is 32.5 Å². The molecule has 1 fully saturated rings. The molecule has 0 bridgehead atoms. The van der Waals surface area contributed by atoms with Crippen molar-refractivity contribution < 1.29 is 48.0 Å². The van der Waals surface area contributed by atoms with Crippen LogP contribution < -0.4 is 5.43 Å². The molecule has 2 aromatic rings. The highest BCUT2D eigenvalue weighted by Gasteiger charge is 2.53. The van der Waals surface area contributed by atoms with Crippen LogP contribution >= 0.6 is 23.4 Å². The molecule has 45 heavy (non-hydrogen) atoms. The summed E-state index contributed by atoms with van der Waals surface area (Å²) in [5.74, 6) is -2.67. The molecule has 4 rings (SSSR count). The van der Waals surface area contributed by atoms with Crippen molar-refractivity contribution in [2.24, 2.45) is 10.2 Å². The number of esters is 4. The van der Waals surface area contributed by atoms with E-state index in [2.05, 4.69) is 15.6 Å². The minimum atomic E-state index is -1.35. The van der Waals surface area contributed by atoms with E-state index in [-0.39, 0.29) is 18.2 Å². The molecule has 240 valence electrons. The summed E-state index contributed by atoms with van der Waals surface area (Å²) in [5, 5.41) is 21.5. The zero-order valence-electron chi connectivity index (χ0n) is 24.6. The molecule has 0 aromatic heterocycles. The maximum absolute atomic E-state index is 12.3. The monoisotopic (exact) mass is 662 g/mol. The maximum atomic E-state index is 12.3. The quantitative estimate of drug-likeness (QED) is 0.216. The van der Waals surface area contributed by atoms with Gasteiger partial charge in [0.05, 0.1) is 11.8 Å². The van der Waals surface area contributed by atoms with Crippen molar-refractivity contribution in [2.75, 3.05) is 6.61 Å². The number of carbonyl (C=O) groups is 4. The third-order valence-electron chi connectivity index (χ3n) is 6.30. The molecule has 0 spiro atoms. The second-order valence-electron chi connectivity index (χ2n) is 9.75. The summed E-state index contributed by atoms with van der Waals surface area (Å²) in [5.41, 5.74) is 1.90. The van der Waals surface area contributed by atoms with Gasteiger partial charge in [0.15, 0.2) is 29.6 Å². The summed E-state index contributed by atoms with van der Waals surface area (Å²) in [6.07, 6.45) is -3.58. The normalized spacial score (nSPS) is 24.4. The number of para-hydroxylation sites is 1. The van der Waals surface area contributed by atoms with E-state index in [0.29, 0.717) is 16.1 Å². The molecule has 2 aliphatic heterocycles. The van der Waals surface area contributed by atoms with Gasteiger partial charge in [-0.2, -0.15) is 10.2 Å². The number of nitrogens with zero attached hydrogens (tertiary/aromatic N) is 3. The van der Waals surface area contributed by atoms with Crippen LogP contribution in [0.5, 0.6) is 5.75 Å². The van der Waals surface area contributed by atoms with Crippen LogP contribution in [-0.2, 0) is 42.9 Å². The fourth-order valence-corrected chi connectivity index (χ4v) is 5.91. The van der Waals surface area contributed by atoms with E-state index in [1.165, 1.54) is 24.2 Å². The predicted octanol–water partition coefficient (Wildman–Crippen LogP) is 2.75. The third kappa shape index (κ3) is 8.65. The number of hydrogen-bond donors (Lipinski definition) is 2. The zero-order chi connectivity index (χ0) is 32.7. The molecule has 2 aliphatic rings. The molecule has 6 atom stereocenters. The van der Waals surface area contributed by atoms with Gasteiger partial charge in [-0.25, -0.2) is 5.01 Å². The van der Waals surface area contributed by atoms with Gasteiger partial charge in [0.25, 0.3) is 0 Å². The molecule has 2 N–H and O–H groups in total. The van der Waals surface area contributed by atoms with Gasteiger partial charge < -0.3 is 28.8 Å². The van der Waals surface area contributed by atoms with E-state index in [1.807, 2.05) is 0 Å². The topological polar surface area (TPSA) is 175 Å². The minimum absolute atomic E-state index is 0.0612. The number of halogens is 1. The summed E-state index contributed by atoms with van der Waals surface area (Å²) in [4.78, 5) is 48.2. The van der Waals surface area contributed by atoms with E-state index in [4.69, 9.17) is 35.3 Å². The fourth-order valence-electron chi connectivity index (χ4n) is 4.51. The van der Waals surface area contributed by atoms with Crippen LogP contribution in [-0.4, -0.2) is 88.0 Å². The van der Waals surface area contributed by atoms with Crippen molar-refractivity contribution in [3.63, 3.8) is 0 Å². The smallest absolute Gasteiger partial charge is 0.303 e. The maximum Gasteiger partial charge on any atom is 0.303 e. The third-order valence-corrected chi connectivity index (χ3v) is 7.86. The number of phenols is 1. The lowest BCUT2D eigenvalue weighted by Gasteiger charge is -2.44. The van der Waals surface area contributed by atoms with Crippen LogP contribution in [0.4, 0.5) is 0 Å². The van der Waals surface area contributed by atoms with E-state index < -0.39 is 59.2 Å². The number of hydrazone groups is 2. The molecular weight excluding hydrogens is 632 g/mol. The number of thioether (sulfide) groups is 1. The number of rotatable bonds is 10. The highest BCUT2D eigenvalue weighted by molar-refractivity contribution is 8.00. The van der Waals surface area contributed by atoms with Crippen molar-refractivity contribution in [2.45, 2.75) is 63.0 Å². The Hall–Kier alpha value is -4.34. The van der Waals surface area contributed by atoms with Crippen LogP contribution in [0.15, 0.2) is 58.7 Å². The first-order valence-corrected chi connectivity index (χ1v) is 14.9. The molecule has 1 unspecified atom stereocenters. The fraction of sp³-hybridized carbons (Fsp3) is 0.379. The van der Waals surface area contributed by atoms with Gasteiger partial charge in [0.2, 0.25) is 0 Å². The van der Waals surface area contributed by atoms with Crippen molar-refractivity contribution >= 4 is 59.3 Å². The molecule has 0 aliphatic carbocycles. The summed E-state index contributed by atoms with van der Waals surface area (Å²) >= 11 is 7.36. The highest BCUT2D eigenvalue weighted by atomic mass is 35.5. The average Bonchev–Trinajstić information content (AvgIpc) is 3.36. The lowest BCUT2D eigenvalue weighted by molar-refractivity contribution is -0.237. The summed E-state index contributed by atoms with van der Waals surface area (Å²) in [6.45, 7) is 4.26. The SMILES string of the molecule is CC(=O)OC[C@H]1O[C@@H](SC2NN=C(c3ccccc3O)N2/N=C/c2ccccc2Cl)[C@H](OC(C)=O)[C@@H](OC(C)=O)[C@@H]1OC(C)=O. The van der Waals surface area contributed by atoms with Crippen LogP contribution in [0, 0.1) is 0 Å². The van der Waals surface area contributed by atoms with Gasteiger partial charge >= 0.3 is 23.9 Å². The number of ether oxygens (including phenoxy) is 5. The number of aromatic hydroxyl groups is 1. The van der Waals surface area contributed by atoms with Crippen LogP contribution in [0.3, 0.4) is 0 Å². The molecule has 16 heteroatoms. The Morgan fingerprint density at radius 1 is 0.956 bits per heavy atom. The predicted molar refractivity (Wildman–Crippen MR) is 162 cm³/mol. The number of carbonyl (C=O) groups excluding carboxylic acids is 4. The molecule has 14 nitrogen and oxygen atoms in total. The molecule has 0 saturated carbocycles. The summed E-state index contributed by atoms with van der Waals surface area (Å²) in [7, 11) is 0. The Morgan fingerprint density at radius 3 is 2.22 bits per heavy atom. The summed E-state index contributed by atoms with van der Waals surface area (Å²) in [6, 6.07) is 13.5. The van der Waals surface area contributed by atoms with Crippen LogP contribution in [0.25, 0.3) is 0 Å². The summed E-state index contributed by atoms with van der Waals surface area (Å²) < 4.78 is 28.0. The van der Waals surface area contributed by atoms with Crippen molar-refractivity contribution in [1.82, 2.24) is 10.4 Å². The zero-order valence-corrected chi connectivity index (χ0v) is 26.2. The van der Waals surface area contributed by atoms with Gasteiger partial charge in [-0.3, -0.25) is 24.6 Å². The molecule has 0 amide bonds. The largest absolute Gasteiger partial charge is 0.507 e. The standard InChI is InChI=1S/C29H31ClN4O10S/c1-15(35)40-14-23-24(41-16(2)36)25(42-17(3)37)26(43-18(4)38)28(44-23)45-29-33-32-27(20-10-6-8-12-22(20)39)34(29)31-13-19-9-5-7-11-21(19)30/h5-13,23-26,28-29,33,39H,14H2,1-4H3/b31-13+/t23-,24-,25+,26-,28+,29?/m1/s1. The molecule has 2 heterocycles. The Bertz CT molecular complexity index is 1490. The van der Waals surface area contributed by atoms with Crippen LogP contribution in [0.2, 0.25) is 5.02 Å². The first-order valence-electron chi connectivity index (χ1n) is 13.6. The van der Waals surface area contributed by atoms with Gasteiger partial charge in [0.1, 0.15) is 23.9 Å². The van der Waals surface area contributed by atoms with Crippen LogP contribution in [0.1, 0.15) is 38.8 Å². The molecule has 2 aromatic carbocycles. The lowest BCUT2D eigenvalue weighted by Crippen LogP contribution is -2.62. The van der Waals surface area contributed by atoms with Crippen molar-refractivity contribution in [1.29, 1.82) is 0 Å². The number of hydrogen-bond acceptors (Lipinski definition) is 15. The Labute approximate surface area is 267 Å². The Balaban J connectivity index is 1.72. The van der Waals surface area contributed by atoms with Gasteiger partial charge in [0, 0.05) is 38.3 Å². The van der Waals surface area contributed by atoms with E-state index >= 15 is 0 Å². The molecular formula is C29H31ClN4O10S. The first kappa shape index (κ1) is 33.6. The number of phenolic OH excluding ortho intramolecular Hbond substituents is 1. The lowest BCUT2D eigenvalue weighted by atomic mass is 9.99. The first-order chi connectivity index (χ1) is 21.4. The molecule has 0 radical (unpaired) electrons. The van der Waals surface area contributed by atoms with Gasteiger partial charge in [-0.1, -0.05) is 53.7 Å². The van der Waals surface area contributed by atoms with E-state index in [9.17, 15) is 24.3 Å². The number of amidine groups is 1. The van der Waals surface area contributed by atoms with Gasteiger partial charge in [-0.05, 0) is 18.2 Å². The van der Waals surface area contributed by atoms with Gasteiger partial charge in [-0.15, -0.1) is 0 Å². The second kappa shape index (κ2) is 15.1. The molecule has 1 saturated heterocycles. The minimum Gasteiger partial charge on any atom is -0.507 e. The highest BCUT2D eigenvalue weighted by Crippen LogP contribution is 2.38. The number of benzene rings is 2. The Kier molecular flexibility index (Phi) is 11.3. The van der Waals surface area contributed by atoms with E-state index in [1.54, 1.807) is 42.5 Å². The second-order valence-corrected chi connectivity index (χ2v) is 11.3. The Morgan fingerprint density at radius 2 is 1.58 bits per heavy atom. The average molecular weight is 663 g/mol. The van der Waals surface area contributed by atoms with Crippen molar-refractivity contribution in [3.05, 3.63) is 64.7 Å². The number of nitrogens with one attached hydrogen (secondary N) is 1.